The van der Waals surface area contributed by atoms with Crippen molar-refractivity contribution in [1.29, 1.82) is 5.41 Å². The van der Waals surface area contributed by atoms with Crippen molar-refractivity contribution in [2.45, 2.75) is 32.1 Å². The van der Waals surface area contributed by atoms with Gasteiger partial charge in [-0.05, 0) is 18.9 Å². The van der Waals surface area contributed by atoms with E-state index in [1.807, 2.05) is 60.7 Å². The molecule has 3 rings (SSSR count). The summed E-state index contributed by atoms with van der Waals surface area (Å²) in [5, 5.41) is 22.9. The molecule has 0 fully saturated rings. The number of benzene rings is 2. The van der Waals surface area contributed by atoms with Crippen LogP contribution in [0.3, 0.4) is 0 Å². The van der Waals surface area contributed by atoms with Gasteiger partial charge < -0.3 is 21.5 Å². The Kier molecular flexibility index (Phi) is 10.5. The zero-order valence-electron chi connectivity index (χ0n) is 21.4. The summed E-state index contributed by atoms with van der Waals surface area (Å²) in [4.78, 5) is 43.2. The Morgan fingerprint density at radius 3 is 2.37 bits per heavy atom. The molecule has 2 aromatic carbocycles. The van der Waals surface area contributed by atoms with Gasteiger partial charge in [0.15, 0.2) is 11.6 Å². The zero-order valence-corrected chi connectivity index (χ0v) is 22.3. The highest BCUT2D eigenvalue weighted by Crippen LogP contribution is 2.20. The van der Waals surface area contributed by atoms with Crippen LogP contribution in [0.25, 0.3) is 16.7 Å². The molecule has 0 radical (unpaired) electrons. The van der Waals surface area contributed by atoms with E-state index in [0.29, 0.717) is 17.9 Å². The molecule has 0 saturated carbocycles. The van der Waals surface area contributed by atoms with Gasteiger partial charge in [0.05, 0.1) is 18.0 Å². The maximum absolute atomic E-state index is 13.3. The van der Waals surface area contributed by atoms with Crippen LogP contribution >= 0.6 is 11.8 Å². The van der Waals surface area contributed by atoms with Gasteiger partial charge in [-0.2, -0.15) is 0 Å². The lowest BCUT2D eigenvalue weighted by atomic mass is 10.1. The molecular formula is C28H31N6O3S-. The van der Waals surface area contributed by atoms with Crippen LogP contribution in [0.4, 0.5) is 5.82 Å². The van der Waals surface area contributed by atoms with Crippen LogP contribution in [-0.4, -0.2) is 51.5 Å². The Bertz CT molecular complexity index is 1340. The third kappa shape index (κ3) is 7.97. The van der Waals surface area contributed by atoms with Crippen molar-refractivity contribution < 1.29 is 9.59 Å². The Hall–Kier alpha value is -4.05. The van der Waals surface area contributed by atoms with Gasteiger partial charge in [0.25, 0.3) is 5.56 Å². The Morgan fingerprint density at radius 1 is 1.08 bits per heavy atom. The smallest absolute Gasteiger partial charge is 0.294 e. The van der Waals surface area contributed by atoms with Gasteiger partial charge in [0, 0.05) is 29.8 Å². The van der Waals surface area contributed by atoms with E-state index >= 15 is 0 Å². The van der Waals surface area contributed by atoms with Crippen molar-refractivity contribution in [2.24, 2.45) is 0 Å². The molecule has 0 bridgehead atoms. The van der Waals surface area contributed by atoms with E-state index in [4.69, 9.17) is 5.41 Å². The number of nitrogens with zero attached hydrogens (tertiary/aromatic N) is 3. The number of rotatable bonds is 14. The number of hydrogen-bond acceptors (Lipinski definition) is 7. The summed E-state index contributed by atoms with van der Waals surface area (Å²) in [6.45, 7) is 2.92. The molecular weight excluding hydrogens is 500 g/mol. The summed E-state index contributed by atoms with van der Waals surface area (Å²) < 4.78 is 1.30. The maximum atomic E-state index is 13.3. The van der Waals surface area contributed by atoms with E-state index in [1.54, 1.807) is 6.92 Å². The van der Waals surface area contributed by atoms with Crippen LogP contribution < -0.4 is 16.2 Å². The van der Waals surface area contributed by atoms with Gasteiger partial charge in [-0.25, -0.2) is 4.98 Å². The fraction of sp³-hybridized carbons (Fsp3) is 0.286. The summed E-state index contributed by atoms with van der Waals surface area (Å²) in [7, 11) is 0. The normalized spacial score (nSPS) is 11.4. The number of amides is 1. The molecule has 38 heavy (non-hydrogen) atoms. The highest BCUT2D eigenvalue weighted by atomic mass is 32.2. The Morgan fingerprint density at radius 2 is 1.74 bits per heavy atom. The number of ketones is 1. The third-order valence-electron chi connectivity index (χ3n) is 5.72. The fourth-order valence-electron chi connectivity index (χ4n) is 3.62. The van der Waals surface area contributed by atoms with Crippen molar-refractivity contribution >= 4 is 40.7 Å². The largest absolute Gasteiger partial charge is 0.805 e. The monoisotopic (exact) mass is 531 g/mol. The number of hydrogen-bond donors (Lipinski definition) is 3. The predicted molar refractivity (Wildman–Crippen MR) is 154 cm³/mol. The summed E-state index contributed by atoms with van der Waals surface area (Å²) in [5.74, 6) is 0.347. The van der Waals surface area contributed by atoms with Crippen molar-refractivity contribution in [1.82, 2.24) is 14.9 Å². The van der Waals surface area contributed by atoms with Gasteiger partial charge in [-0.1, -0.05) is 67.6 Å². The first kappa shape index (κ1) is 28.5. The molecule has 3 aromatic rings. The van der Waals surface area contributed by atoms with Crippen LogP contribution in [-0.2, 0) is 15.3 Å². The number of carbonyl (C=O) groups excluding carboxylic acids is 2. The number of Topliss-reactive ketones (excluding diaryl/α,β-unsaturated/α-hetero) is 1. The molecule has 0 spiro atoms. The van der Waals surface area contributed by atoms with Crippen LogP contribution in [0, 0.1) is 5.41 Å². The molecule has 3 N–H and O–H groups in total. The van der Waals surface area contributed by atoms with Crippen LogP contribution in [0.5, 0.6) is 0 Å². The first-order chi connectivity index (χ1) is 18.3. The van der Waals surface area contributed by atoms with E-state index in [1.165, 1.54) is 29.4 Å². The lowest BCUT2D eigenvalue weighted by Gasteiger charge is -2.20. The topological polar surface area (TPSA) is 139 Å². The maximum Gasteiger partial charge on any atom is 0.294 e. The number of aromatic nitrogens is 2. The van der Waals surface area contributed by atoms with E-state index in [-0.39, 0.29) is 41.9 Å². The lowest BCUT2D eigenvalue weighted by Crippen LogP contribution is -2.40. The summed E-state index contributed by atoms with van der Waals surface area (Å²) in [6, 6.07) is 18.1. The number of nitrogens with one attached hydrogen (secondary N) is 3. The van der Waals surface area contributed by atoms with Crippen LogP contribution in [0.15, 0.2) is 71.7 Å². The second kappa shape index (κ2) is 14.0. The molecule has 1 amide bonds. The minimum atomic E-state index is -0.875. The molecule has 1 heterocycles. The summed E-state index contributed by atoms with van der Waals surface area (Å²) in [5.41, 5.74) is 1.51. The highest BCUT2D eigenvalue weighted by molar-refractivity contribution is 7.99. The lowest BCUT2D eigenvalue weighted by molar-refractivity contribution is -0.127. The third-order valence-corrected chi connectivity index (χ3v) is 6.78. The van der Waals surface area contributed by atoms with E-state index in [9.17, 15) is 19.8 Å². The molecule has 1 aromatic heterocycles. The standard InChI is InChI=1S/C28H31N6O3S/c1-3-25(27(36)32-14-22(35)18-38-17-20-10-6-4-7-11-20)34-16-24(21-12-8-5-9-13-21)33-26(28(34)37)31-15-23(30)19(2)29/h4-13,16,25,29H,3,14-15,17-18H2,1-2H3,(H,31,33)(H,32,36)/q-1. The highest BCUT2D eigenvalue weighted by Gasteiger charge is 2.23. The SMILES string of the molecule is CCC(C(=O)NCC(=O)CSCc1ccccc1)n1cc(-c2ccccc2)nc(NCC(=[N-])C(C)=N)c1=O. The molecule has 1 unspecified atom stereocenters. The van der Waals surface area contributed by atoms with Crippen LogP contribution in [0.1, 0.15) is 31.9 Å². The molecule has 0 aliphatic rings. The van der Waals surface area contributed by atoms with E-state index in [2.05, 4.69) is 15.6 Å². The summed E-state index contributed by atoms with van der Waals surface area (Å²) in [6.07, 6.45) is 1.83. The van der Waals surface area contributed by atoms with E-state index in [0.717, 1.165) is 11.1 Å². The molecule has 0 aliphatic heterocycles. The van der Waals surface area contributed by atoms with Gasteiger partial charge in [0.2, 0.25) is 5.91 Å². The number of thioether (sulfide) groups is 1. The Labute approximate surface area is 226 Å². The van der Waals surface area contributed by atoms with Crippen molar-refractivity contribution in [3.05, 3.63) is 88.2 Å². The first-order valence-corrected chi connectivity index (χ1v) is 13.4. The van der Waals surface area contributed by atoms with Gasteiger partial charge >= 0.3 is 0 Å². The fourth-order valence-corrected chi connectivity index (χ4v) is 4.48. The molecule has 198 valence electrons. The first-order valence-electron chi connectivity index (χ1n) is 12.2. The predicted octanol–water partition coefficient (Wildman–Crippen LogP) is 3.94. The average Bonchev–Trinajstić information content (AvgIpc) is 2.93. The Balaban J connectivity index is 1.75. The van der Waals surface area contributed by atoms with Gasteiger partial charge in [0.1, 0.15) is 6.04 Å². The minimum absolute atomic E-state index is 0.0329. The van der Waals surface area contributed by atoms with E-state index < -0.39 is 17.5 Å². The van der Waals surface area contributed by atoms with Gasteiger partial charge in [-0.3, -0.25) is 19.0 Å². The summed E-state index contributed by atoms with van der Waals surface area (Å²) >= 11 is 1.48. The second-order valence-corrected chi connectivity index (χ2v) is 9.62. The quantitative estimate of drug-likeness (QED) is 0.269. The molecule has 1 atom stereocenters. The van der Waals surface area contributed by atoms with Crippen molar-refractivity contribution in [3.8, 4) is 11.3 Å². The van der Waals surface area contributed by atoms with Gasteiger partial charge in [-0.15, -0.1) is 17.5 Å². The zero-order chi connectivity index (χ0) is 27.5. The average molecular weight is 532 g/mol. The number of anilines is 1. The van der Waals surface area contributed by atoms with Crippen LogP contribution in [0.2, 0.25) is 0 Å². The number of carbonyl (C=O) groups is 2. The molecule has 0 saturated heterocycles. The molecule has 9 nitrogen and oxygen atoms in total. The van der Waals surface area contributed by atoms with Crippen molar-refractivity contribution in [3.63, 3.8) is 0 Å². The van der Waals surface area contributed by atoms with Crippen molar-refractivity contribution in [2.75, 3.05) is 24.2 Å². The second-order valence-electron chi connectivity index (χ2n) is 8.64. The molecule has 0 aliphatic carbocycles. The molecule has 10 heteroatoms. The minimum Gasteiger partial charge on any atom is -0.805 e.